The number of amides is 1. The standard InChI is InChI=1S/C23H26N4O3S2/c1-25(2)32(29,30)20-10-8-19(9-11-20)23(28)27-14-12-26(13-15-27)16-22-24-21(17-31-22)18-6-4-3-5-7-18/h3-11,17H,12-16H2,1-2H3. The summed E-state index contributed by atoms with van der Waals surface area (Å²) in [5, 5.41) is 3.16. The smallest absolute Gasteiger partial charge is 0.253 e. The highest BCUT2D eigenvalue weighted by Crippen LogP contribution is 2.23. The fourth-order valence-corrected chi connectivity index (χ4v) is 5.33. The van der Waals surface area contributed by atoms with Gasteiger partial charge in [0, 0.05) is 56.8 Å². The summed E-state index contributed by atoms with van der Waals surface area (Å²) >= 11 is 1.66. The number of piperazine rings is 1. The van der Waals surface area contributed by atoms with Gasteiger partial charge in [0.25, 0.3) is 5.91 Å². The van der Waals surface area contributed by atoms with Gasteiger partial charge >= 0.3 is 0 Å². The summed E-state index contributed by atoms with van der Waals surface area (Å²) in [5.74, 6) is -0.0703. The van der Waals surface area contributed by atoms with Crippen LogP contribution >= 0.6 is 11.3 Å². The normalized spacial score (nSPS) is 15.3. The van der Waals surface area contributed by atoms with Gasteiger partial charge in [-0.15, -0.1) is 11.3 Å². The molecule has 1 aliphatic heterocycles. The molecule has 1 fully saturated rings. The summed E-state index contributed by atoms with van der Waals surface area (Å²) < 4.78 is 25.6. The molecule has 0 unspecified atom stereocenters. The Morgan fingerprint density at radius 1 is 1.00 bits per heavy atom. The van der Waals surface area contributed by atoms with E-state index in [1.807, 2.05) is 23.1 Å². The van der Waals surface area contributed by atoms with Crippen LogP contribution < -0.4 is 0 Å². The molecule has 0 atom stereocenters. The number of sulfonamides is 1. The third-order valence-electron chi connectivity index (χ3n) is 5.52. The van der Waals surface area contributed by atoms with E-state index in [-0.39, 0.29) is 10.8 Å². The summed E-state index contributed by atoms with van der Waals surface area (Å²) in [6.45, 7) is 3.59. The predicted octanol–water partition coefficient (Wildman–Crippen LogP) is 3.02. The van der Waals surface area contributed by atoms with E-state index in [2.05, 4.69) is 22.4 Å². The van der Waals surface area contributed by atoms with Crippen LogP contribution in [-0.4, -0.2) is 73.7 Å². The van der Waals surface area contributed by atoms with E-state index in [1.165, 1.54) is 26.2 Å². The highest BCUT2D eigenvalue weighted by Gasteiger charge is 2.24. The minimum Gasteiger partial charge on any atom is -0.336 e. The Balaban J connectivity index is 1.33. The van der Waals surface area contributed by atoms with Crippen molar-refractivity contribution in [2.75, 3.05) is 40.3 Å². The summed E-state index contributed by atoms with van der Waals surface area (Å²) in [4.78, 5) is 21.9. The molecule has 1 aromatic heterocycles. The van der Waals surface area contributed by atoms with Crippen molar-refractivity contribution in [3.05, 3.63) is 70.5 Å². The number of aromatic nitrogens is 1. The lowest BCUT2D eigenvalue weighted by Crippen LogP contribution is -2.48. The maximum Gasteiger partial charge on any atom is 0.253 e. The largest absolute Gasteiger partial charge is 0.336 e. The zero-order valence-corrected chi connectivity index (χ0v) is 19.8. The first-order chi connectivity index (χ1) is 15.3. The zero-order chi connectivity index (χ0) is 22.7. The molecule has 0 aliphatic carbocycles. The summed E-state index contributed by atoms with van der Waals surface area (Å²) in [5.41, 5.74) is 2.62. The van der Waals surface area contributed by atoms with Gasteiger partial charge in [0.1, 0.15) is 5.01 Å². The van der Waals surface area contributed by atoms with Crippen molar-refractivity contribution in [2.45, 2.75) is 11.4 Å². The average molecular weight is 471 g/mol. The Labute approximate surface area is 193 Å². The van der Waals surface area contributed by atoms with Gasteiger partial charge < -0.3 is 4.90 Å². The van der Waals surface area contributed by atoms with E-state index in [0.29, 0.717) is 18.7 Å². The van der Waals surface area contributed by atoms with Crippen LogP contribution in [0.3, 0.4) is 0 Å². The molecule has 0 N–H and O–H groups in total. The Hall–Kier alpha value is -2.59. The fraction of sp³-hybridized carbons (Fsp3) is 0.304. The Bertz CT molecular complexity index is 1170. The maximum absolute atomic E-state index is 12.9. The third kappa shape index (κ3) is 4.91. The molecule has 9 heteroatoms. The van der Waals surface area contributed by atoms with Crippen molar-refractivity contribution in [1.82, 2.24) is 19.1 Å². The molecule has 32 heavy (non-hydrogen) atoms. The number of hydrogen-bond acceptors (Lipinski definition) is 6. The molecular formula is C23H26N4O3S2. The molecule has 0 bridgehead atoms. The van der Waals surface area contributed by atoms with Crippen molar-refractivity contribution in [3.8, 4) is 11.3 Å². The molecule has 168 valence electrons. The van der Waals surface area contributed by atoms with Gasteiger partial charge in [0.15, 0.2) is 0 Å². The van der Waals surface area contributed by atoms with Crippen LogP contribution in [0, 0.1) is 0 Å². The Kier molecular flexibility index (Phi) is 6.71. The van der Waals surface area contributed by atoms with E-state index >= 15 is 0 Å². The number of benzene rings is 2. The second-order valence-electron chi connectivity index (χ2n) is 7.87. The van der Waals surface area contributed by atoms with Crippen molar-refractivity contribution in [3.63, 3.8) is 0 Å². The van der Waals surface area contributed by atoms with Crippen molar-refractivity contribution in [2.24, 2.45) is 0 Å². The van der Waals surface area contributed by atoms with E-state index in [9.17, 15) is 13.2 Å². The van der Waals surface area contributed by atoms with Gasteiger partial charge in [-0.25, -0.2) is 17.7 Å². The van der Waals surface area contributed by atoms with E-state index in [1.54, 1.807) is 23.5 Å². The number of thiazole rings is 1. The highest BCUT2D eigenvalue weighted by molar-refractivity contribution is 7.89. The van der Waals surface area contributed by atoms with Gasteiger partial charge in [-0.2, -0.15) is 0 Å². The topological polar surface area (TPSA) is 73.8 Å². The summed E-state index contributed by atoms with van der Waals surface area (Å²) in [6, 6.07) is 16.3. The van der Waals surface area contributed by atoms with Crippen LogP contribution in [-0.2, 0) is 16.6 Å². The first kappa shape index (κ1) is 22.6. The number of carbonyl (C=O) groups excluding carboxylic acids is 1. The van der Waals surface area contributed by atoms with E-state index in [4.69, 9.17) is 4.98 Å². The van der Waals surface area contributed by atoms with Crippen LogP contribution in [0.1, 0.15) is 15.4 Å². The molecule has 0 saturated carbocycles. The molecule has 1 aliphatic rings. The lowest BCUT2D eigenvalue weighted by molar-refractivity contribution is 0.0628. The molecule has 4 rings (SSSR count). The average Bonchev–Trinajstić information content (AvgIpc) is 3.28. The van der Waals surface area contributed by atoms with Crippen molar-refractivity contribution < 1.29 is 13.2 Å². The minimum absolute atomic E-state index is 0.0703. The van der Waals surface area contributed by atoms with Crippen LogP contribution in [0.15, 0.2) is 64.9 Å². The number of carbonyl (C=O) groups is 1. The molecule has 0 radical (unpaired) electrons. The van der Waals surface area contributed by atoms with Gasteiger partial charge in [0.05, 0.1) is 17.1 Å². The Morgan fingerprint density at radius 2 is 1.66 bits per heavy atom. The zero-order valence-electron chi connectivity index (χ0n) is 18.1. The van der Waals surface area contributed by atoms with Gasteiger partial charge in [0.2, 0.25) is 10.0 Å². The van der Waals surface area contributed by atoms with Crippen LogP contribution in [0.25, 0.3) is 11.3 Å². The lowest BCUT2D eigenvalue weighted by atomic mass is 10.2. The molecule has 0 spiro atoms. The van der Waals surface area contributed by atoms with Gasteiger partial charge in [-0.3, -0.25) is 9.69 Å². The molecule has 2 aromatic carbocycles. The second-order valence-corrected chi connectivity index (χ2v) is 11.0. The first-order valence-corrected chi connectivity index (χ1v) is 12.7. The monoisotopic (exact) mass is 470 g/mol. The fourth-order valence-electron chi connectivity index (χ4n) is 3.59. The molecular weight excluding hydrogens is 444 g/mol. The van der Waals surface area contributed by atoms with Crippen LogP contribution in [0.5, 0.6) is 0 Å². The quantitative estimate of drug-likeness (QED) is 0.554. The van der Waals surface area contributed by atoms with Gasteiger partial charge in [-0.05, 0) is 24.3 Å². The molecule has 3 aromatic rings. The van der Waals surface area contributed by atoms with Crippen molar-refractivity contribution in [1.29, 1.82) is 0 Å². The number of nitrogens with zero attached hydrogens (tertiary/aromatic N) is 4. The minimum atomic E-state index is -3.50. The Morgan fingerprint density at radius 3 is 2.28 bits per heavy atom. The molecule has 2 heterocycles. The van der Waals surface area contributed by atoms with E-state index in [0.717, 1.165) is 40.2 Å². The van der Waals surface area contributed by atoms with Crippen LogP contribution in [0.2, 0.25) is 0 Å². The number of rotatable bonds is 6. The molecule has 1 amide bonds. The first-order valence-electron chi connectivity index (χ1n) is 10.4. The maximum atomic E-state index is 12.9. The third-order valence-corrected chi connectivity index (χ3v) is 8.18. The highest BCUT2D eigenvalue weighted by atomic mass is 32.2. The molecule has 7 nitrogen and oxygen atoms in total. The lowest BCUT2D eigenvalue weighted by Gasteiger charge is -2.34. The van der Waals surface area contributed by atoms with E-state index < -0.39 is 10.0 Å². The van der Waals surface area contributed by atoms with Crippen molar-refractivity contribution >= 4 is 27.3 Å². The van der Waals surface area contributed by atoms with Gasteiger partial charge in [-0.1, -0.05) is 30.3 Å². The summed E-state index contributed by atoms with van der Waals surface area (Å²) in [7, 11) is -0.524. The number of hydrogen-bond donors (Lipinski definition) is 0. The predicted molar refractivity (Wildman–Crippen MR) is 126 cm³/mol. The van der Waals surface area contributed by atoms with Crippen LogP contribution in [0.4, 0.5) is 0 Å². The second kappa shape index (κ2) is 9.50. The summed E-state index contributed by atoms with van der Waals surface area (Å²) in [6.07, 6.45) is 0. The SMILES string of the molecule is CN(C)S(=O)(=O)c1ccc(C(=O)N2CCN(Cc3nc(-c4ccccc4)cs3)CC2)cc1. The molecule has 1 saturated heterocycles.